The number of nitrogens with one attached hydrogen (secondary N) is 1. The van der Waals surface area contributed by atoms with Crippen LogP contribution in [0.2, 0.25) is 0 Å². The van der Waals surface area contributed by atoms with Gasteiger partial charge in [-0.1, -0.05) is 0 Å². The van der Waals surface area contributed by atoms with Gasteiger partial charge in [0.2, 0.25) is 0 Å². The predicted octanol–water partition coefficient (Wildman–Crippen LogP) is 1.13. The first-order chi connectivity index (χ1) is 8.61. The number of carbonyl (C=O) groups is 1. The molecule has 1 aliphatic heterocycles. The van der Waals surface area contributed by atoms with Gasteiger partial charge in [0.25, 0.3) is 5.91 Å². The third-order valence-electron chi connectivity index (χ3n) is 3.21. The molecule has 0 spiro atoms. The molecule has 1 aromatic heterocycles. The maximum absolute atomic E-state index is 11.5. The Morgan fingerprint density at radius 3 is 3.17 bits per heavy atom. The van der Waals surface area contributed by atoms with E-state index in [2.05, 4.69) is 17.2 Å². The smallest absolute Gasteiger partial charge is 0.268 e. The van der Waals surface area contributed by atoms with Crippen LogP contribution in [0.1, 0.15) is 28.8 Å². The molecule has 3 N–H and O–H groups in total. The molecule has 0 saturated carbocycles. The van der Waals surface area contributed by atoms with E-state index in [-0.39, 0.29) is 5.91 Å². The van der Waals surface area contributed by atoms with Crippen molar-refractivity contribution >= 4 is 17.7 Å². The lowest BCUT2D eigenvalue weighted by atomic mass is 10.2. The molecule has 1 saturated heterocycles. The van der Waals surface area contributed by atoms with Crippen LogP contribution in [-0.2, 0) is 6.54 Å². The number of nitrogens with two attached hydrogens (primary N) is 1. The molecule has 6 heteroatoms. The summed E-state index contributed by atoms with van der Waals surface area (Å²) in [4.78, 5) is 13.9. The normalized spacial score (nSPS) is 20.9. The molecule has 100 valence electrons. The molecule has 0 aromatic carbocycles. The van der Waals surface area contributed by atoms with Crippen molar-refractivity contribution in [3.05, 3.63) is 23.2 Å². The number of hydrogen-bond acceptors (Lipinski definition) is 5. The second-order valence-corrected chi connectivity index (χ2v) is 5.70. The molecule has 0 bridgehead atoms. The monoisotopic (exact) mass is 269 g/mol. The number of aryl methyl sites for hydroxylation is 1. The standard InChI is InChI=1S/C12H19N3O2S/c1-8-7-18-4-3-15(8)6-10-5-11(9(2)17-10)12(16)14-13/h5,8H,3-4,6-7,13H2,1-2H3,(H,14,16). The molecule has 1 unspecified atom stereocenters. The third kappa shape index (κ3) is 2.88. The van der Waals surface area contributed by atoms with Crippen LogP contribution in [0, 0.1) is 6.92 Å². The Hall–Kier alpha value is -0.980. The van der Waals surface area contributed by atoms with Gasteiger partial charge in [0.05, 0.1) is 12.1 Å². The summed E-state index contributed by atoms with van der Waals surface area (Å²) in [5.74, 6) is 8.58. The molecule has 1 atom stereocenters. The van der Waals surface area contributed by atoms with Gasteiger partial charge in [0, 0.05) is 24.1 Å². The number of furan rings is 1. The van der Waals surface area contributed by atoms with Crippen LogP contribution in [0.15, 0.2) is 10.5 Å². The minimum Gasteiger partial charge on any atom is -0.464 e. The molecule has 1 aliphatic rings. The van der Waals surface area contributed by atoms with E-state index in [9.17, 15) is 4.79 Å². The number of hydrazine groups is 1. The van der Waals surface area contributed by atoms with Crippen LogP contribution < -0.4 is 11.3 Å². The maximum Gasteiger partial charge on any atom is 0.268 e. The van der Waals surface area contributed by atoms with Crippen LogP contribution >= 0.6 is 11.8 Å². The molecular weight excluding hydrogens is 250 g/mol. The van der Waals surface area contributed by atoms with Gasteiger partial charge in [0.15, 0.2) is 0 Å². The summed E-state index contributed by atoms with van der Waals surface area (Å²) in [6, 6.07) is 2.33. The second-order valence-electron chi connectivity index (χ2n) is 4.55. The van der Waals surface area contributed by atoms with E-state index in [4.69, 9.17) is 10.3 Å². The minimum atomic E-state index is -0.301. The lowest BCUT2D eigenvalue weighted by Gasteiger charge is -2.32. The Morgan fingerprint density at radius 2 is 2.50 bits per heavy atom. The van der Waals surface area contributed by atoms with Crippen molar-refractivity contribution in [1.82, 2.24) is 10.3 Å². The summed E-state index contributed by atoms with van der Waals surface area (Å²) in [6.07, 6.45) is 0. The van der Waals surface area contributed by atoms with E-state index in [0.29, 0.717) is 17.4 Å². The van der Waals surface area contributed by atoms with E-state index in [1.165, 1.54) is 0 Å². The predicted molar refractivity (Wildman–Crippen MR) is 72.3 cm³/mol. The molecule has 2 heterocycles. The second kappa shape index (κ2) is 5.77. The SMILES string of the molecule is Cc1oc(CN2CCSCC2C)cc1C(=O)NN. The van der Waals surface area contributed by atoms with Gasteiger partial charge < -0.3 is 4.42 Å². The zero-order valence-corrected chi connectivity index (χ0v) is 11.5. The van der Waals surface area contributed by atoms with Crippen molar-refractivity contribution in [1.29, 1.82) is 0 Å². The van der Waals surface area contributed by atoms with E-state index >= 15 is 0 Å². The highest BCUT2D eigenvalue weighted by Crippen LogP contribution is 2.21. The van der Waals surface area contributed by atoms with Crippen molar-refractivity contribution in [2.24, 2.45) is 5.84 Å². The molecule has 18 heavy (non-hydrogen) atoms. The van der Waals surface area contributed by atoms with E-state index in [1.807, 2.05) is 11.8 Å². The van der Waals surface area contributed by atoms with Gasteiger partial charge >= 0.3 is 0 Å². The molecule has 0 radical (unpaired) electrons. The third-order valence-corrected chi connectivity index (χ3v) is 4.40. The summed E-state index contributed by atoms with van der Waals surface area (Å²) in [7, 11) is 0. The quantitative estimate of drug-likeness (QED) is 0.489. The molecule has 5 nitrogen and oxygen atoms in total. The highest BCUT2D eigenvalue weighted by Gasteiger charge is 2.21. The van der Waals surface area contributed by atoms with Gasteiger partial charge in [-0.3, -0.25) is 15.1 Å². The summed E-state index contributed by atoms with van der Waals surface area (Å²) in [5.41, 5.74) is 2.65. The van der Waals surface area contributed by atoms with Gasteiger partial charge in [-0.05, 0) is 19.9 Å². The topological polar surface area (TPSA) is 71.5 Å². The Balaban J connectivity index is 2.07. The number of thioether (sulfide) groups is 1. The first kappa shape index (κ1) is 13.5. The van der Waals surface area contributed by atoms with Crippen molar-refractivity contribution in [3.63, 3.8) is 0 Å². The first-order valence-corrected chi connectivity index (χ1v) is 7.19. The van der Waals surface area contributed by atoms with Crippen molar-refractivity contribution in [3.8, 4) is 0 Å². The van der Waals surface area contributed by atoms with Crippen LogP contribution in [0.4, 0.5) is 0 Å². The van der Waals surface area contributed by atoms with Gasteiger partial charge in [0.1, 0.15) is 11.5 Å². The van der Waals surface area contributed by atoms with Gasteiger partial charge in [-0.15, -0.1) is 0 Å². The molecule has 1 amide bonds. The average molecular weight is 269 g/mol. The molecular formula is C12H19N3O2S. The molecule has 2 rings (SSSR count). The fourth-order valence-corrected chi connectivity index (χ4v) is 3.20. The Bertz CT molecular complexity index is 433. The highest BCUT2D eigenvalue weighted by atomic mass is 32.2. The highest BCUT2D eigenvalue weighted by molar-refractivity contribution is 7.99. The Labute approximate surface area is 111 Å². The Morgan fingerprint density at radius 1 is 1.72 bits per heavy atom. The molecule has 1 fully saturated rings. The van der Waals surface area contributed by atoms with Gasteiger partial charge in [-0.25, -0.2) is 5.84 Å². The first-order valence-electron chi connectivity index (χ1n) is 6.04. The zero-order valence-electron chi connectivity index (χ0n) is 10.7. The number of carbonyl (C=O) groups excluding carboxylic acids is 1. The van der Waals surface area contributed by atoms with Crippen molar-refractivity contribution < 1.29 is 9.21 Å². The van der Waals surface area contributed by atoms with E-state index < -0.39 is 0 Å². The lowest BCUT2D eigenvalue weighted by Crippen LogP contribution is -2.39. The summed E-state index contributed by atoms with van der Waals surface area (Å²) in [6.45, 7) is 5.81. The largest absolute Gasteiger partial charge is 0.464 e. The van der Waals surface area contributed by atoms with Crippen LogP contribution in [-0.4, -0.2) is 34.9 Å². The number of hydrogen-bond donors (Lipinski definition) is 2. The lowest BCUT2D eigenvalue weighted by molar-refractivity contribution is 0.0952. The average Bonchev–Trinajstić information content (AvgIpc) is 2.72. The van der Waals surface area contributed by atoms with E-state index in [0.717, 1.165) is 30.4 Å². The minimum absolute atomic E-state index is 0.301. The maximum atomic E-state index is 11.5. The molecule has 0 aliphatic carbocycles. The van der Waals surface area contributed by atoms with Gasteiger partial charge in [-0.2, -0.15) is 11.8 Å². The molecule has 1 aromatic rings. The van der Waals surface area contributed by atoms with Crippen LogP contribution in [0.3, 0.4) is 0 Å². The summed E-state index contributed by atoms with van der Waals surface area (Å²) < 4.78 is 5.62. The Kier molecular flexibility index (Phi) is 4.31. The number of amides is 1. The number of nitrogen functional groups attached to an aromatic ring is 1. The van der Waals surface area contributed by atoms with Crippen LogP contribution in [0.5, 0.6) is 0 Å². The fourth-order valence-electron chi connectivity index (χ4n) is 2.12. The van der Waals surface area contributed by atoms with E-state index in [1.54, 1.807) is 13.0 Å². The summed E-state index contributed by atoms with van der Waals surface area (Å²) >= 11 is 1.98. The number of rotatable bonds is 3. The fraction of sp³-hybridized carbons (Fsp3) is 0.583. The number of nitrogens with zero attached hydrogens (tertiary/aromatic N) is 1. The van der Waals surface area contributed by atoms with Crippen molar-refractivity contribution in [2.75, 3.05) is 18.1 Å². The van der Waals surface area contributed by atoms with Crippen molar-refractivity contribution in [2.45, 2.75) is 26.4 Å². The zero-order chi connectivity index (χ0) is 13.1. The van der Waals surface area contributed by atoms with Crippen LogP contribution in [0.25, 0.3) is 0 Å². The summed E-state index contributed by atoms with van der Waals surface area (Å²) in [5, 5.41) is 0.